The minimum atomic E-state index is -0.342. The number of nitrogens with one attached hydrogen (secondary N) is 2. The fourth-order valence-electron chi connectivity index (χ4n) is 3.41. The Hall–Kier alpha value is -1.42. The van der Waals surface area contributed by atoms with Crippen LogP contribution in [0.4, 0.5) is 10.1 Å². The first-order chi connectivity index (χ1) is 10.4. The molecule has 0 saturated heterocycles. The van der Waals surface area contributed by atoms with Crippen LogP contribution in [0, 0.1) is 17.2 Å². The van der Waals surface area contributed by atoms with Crippen LogP contribution in [0.15, 0.2) is 24.3 Å². The van der Waals surface area contributed by atoms with E-state index in [4.69, 9.17) is 0 Å². The van der Waals surface area contributed by atoms with Crippen molar-refractivity contribution in [2.24, 2.45) is 11.3 Å². The average molecular weight is 306 g/mol. The maximum atomic E-state index is 13.1. The highest BCUT2D eigenvalue weighted by atomic mass is 19.1. The van der Waals surface area contributed by atoms with E-state index in [1.807, 2.05) is 0 Å². The van der Waals surface area contributed by atoms with Crippen molar-refractivity contribution in [3.63, 3.8) is 0 Å². The van der Waals surface area contributed by atoms with E-state index in [0.717, 1.165) is 6.42 Å². The Morgan fingerprint density at radius 1 is 1.27 bits per heavy atom. The van der Waals surface area contributed by atoms with E-state index >= 15 is 0 Å². The number of carbonyl (C=O) groups is 1. The molecular formula is C18H27FN2O. The monoisotopic (exact) mass is 306 g/mol. The lowest BCUT2D eigenvalue weighted by Gasteiger charge is -2.40. The third kappa shape index (κ3) is 4.80. The Morgan fingerprint density at radius 2 is 2.00 bits per heavy atom. The van der Waals surface area contributed by atoms with Crippen LogP contribution in [-0.4, -0.2) is 18.5 Å². The van der Waals surface area contributed by atoms with E-state index in [-0.39, 0.29) is 23.7 Å². The normalized spacial score (nSPS) is 22.4. The number of benzene rings is 1. The van der Waals surface area contributed by atoms with Gasteiger partial charge in [-0.15, -0.1) is 0 Å². The average Bonchev–Trinajstić information content (AvgIpc) is 2.44. The van der Waals surface area contributed by atoms with Gasteiger partial charge < -0.3 is 10.6 Å². The molecule has 2 N–H and O–H groups in total. The van der Waals surface area contributed by atoms with E-state index in [9.17, 15) is 9.18 Å². The Morgan fingerprint density at radius 3 is 2.68 bits per heavy atom. The molecule has 2 atom stereocenters. The van der Waals surface area contributed by atoms with Crippen LogP contribution in [0.25, 0.3) is 0 Å². The van der Waals surface area contributed by atoms with Crippen molar-refractivity contribution in [2.45, 2.75) is 52.5 Å². The number of rotatable bonds is 4. The minimum absolute atomic E-state index is 0.121. The van der Waals surface area contributed by atoms with Crippen LogP contribution in [0.2, 0.25) is 0 Å². The highest BCUT2D eigenvalue weighted by Crippen LogP contribution is 2.37. The van der Waals surface area contributed by atoms with E-state index in [0.29, 0.717) is 17.6 Å². The molecule has 0 spiro atoms. The van der Waals surface area contributed by atoms with Gasteiger partial charge in [-0.05, 0) is 42.4 Å². The lowest BCUT2D eigenvalue weighted by Crippen LogP contribution is -2.46. The second kappa shape index (κ2) is 7.23. The van der Waals surface area contributed by atoms with Crippen LogP contribution >= 0.6 is 0 Å². The van der Waals surface area contributed by atoms with Crippen LogP contribution in [-0.2, 0) is 4.79 Å². The molecule has 1 fully saturated rings. The lowest BCUT2D eigenvalue weighted by molar-refractivity contribution is -0.115. The SMILES string of the molecule is CC(C)(C)C1CCCCC1NCC(=O)Nc1cccc(F)c1. The van der Waals surface area contributed by atoms with Gasteiger partial charge in [0.15, 0.2) is 0 Å². The van der Waals surface area contributed by atoms with Crippen molar-refractivity contribution in [3.8, 4) is 0 Å². The van der Waals surface area contributed by atoms with Gasteiger partial charge in [-0.1, -0.05) is 39.7 Å². The van der Waals surface area contributed by atoms with Crippen LogP contribution in [0.1, 0.15) is 46.5 Å². The zero-order chi connectivity index (χ0) is 16.2. The summed E-state index contributed by atoms with van der Waals surface area (Å²) in [4.78, 5) is 12.0. The number of hydrogen-bond donors (Lipinski definition) is 2. The van der Waals surface area contributed by atoms with Crippen molar-refractivity contribution in [1.29, 1.82) is 0 Å². The number of amides is 1. The highest BCUT2D eigenvalue weighted by Gasteiger charge is 2.33. The van der Waals surface area contributed by atoms with Gasteiger partial charge in [0.25, 0.3) is 0 Å². The van der Waals surface area contributed by atoms with Gasteiger partial charge in [0, 0.05) is 11.7 Å². The number of halogens is 1. The van der Waals surface area contributed by atoms with E-state index in [1.165, 1.54) is 31.4 Å². The molecule has 0 heterocycles. The molecule has 0 aliphatic heterocycles. The summed E-state index contributed by atoms with van der Waals surface area (Å²) in [7, 11) is 0. The summed E-state index contributed by atoms with van der Waals surface area (Å²) in [6.07, 6.45) is 4.83. The summed E-state index contributed by atoms with van der Waals surface area (Å²) in [6.45, 7) is 7.08. The molecule has 0 aromatic heterocycles. The molecule has 4 heteroatoms. The largest absolute Gasteiger partial charge is 0.325 e. The van der Waals surface area contributed by atoms with E-state index in [1.54, 1.807) is 12.1 Å². The zero-order valence-electron chi connectivity index (χ0n) is 13.8. The zero-order valence-corrected chi connectivity index (χ0v) is 13.8. The van der Waals surface area contributed by atoms with Crippen molar-refractivity contribution >= 4 is 11.6 Å². The minimum Gasteiger partial charge on any atom is -0.325 e. The molecule has 1 aromatic carbocycles. The predicted octanol–water partition coefficient (Wildman–Crippen LogP) is 3.96. The molecule has 3 nitrogen and oxygen atoms in total. The maximum Gasteiger partial charge on any atom is 0.238 e. The molecule has 2 rings (SSSR count). The van der Waals surface area contributed by atoms with Gasteiger partial charge in [-0.25, -0.2) is 4.39 Å². The van der Waals surface area contributed by atoms with Crippen molar-refractivity contribution in [3.05, 3.63) is 30.1 Å². The molecule has 1 amide bonds. The molecule has 1 aliphatic carbocycles. The summed E-state index contributed by atoms with van der Waals surface area (Å²) < 4.78 is 13.1. The van der Waals surface area contributed by atoms with Crippen LogP contribution in [0.5, 0.6) is 0 Å². The van der Waals surface area contributed by atoms with E-state index < -0.39 is 0 Å². The van der Waals surface area contributed by atoms with Gasteiger partial charge in [0.05, 0.1) is 6.54 Å². The molecule has 1 aromatic rings. The molecule has 1 saturated carbocycles. The quantitative estimate of drug-likeness (QED) is 0.884. The summed E-state index contributed by atoms with van der Waals surface area (Å²) >= 11 is 0. The standard InChI is InChI=1S/C18H27FN2O/c1-18(2,3)15-9-4-5-10-16(15)20-12-17(22)21-14-8-6-7-13(19)11-14/h6-8,11,15-16,20H,4-5,9-10,12H2,1-3H3,(H,21,22). The van der Waals surface area contributed by atoms with Gasteiger partial charge in [0.1, 0.15) is 5.82 Å². The second-order valence-electron chi connectivity index (χ2n) is 7.30. The highest BCUT2D eigenvalue weighted by molar-refractivity contribution is 5.92. The summed E-state index contributed by atoms with van der Waals surface area (Å²) in [5.74, 6) is 0.123. The molecule has 0 bridgehead atoms. The number of anilines is 1. The van der Waals surface area contributed by atoms with Crippen LogP contribution < -0.4 is 10.6 Å². The predicted molar refractivity (Wildman–Crippen MR) is 88.2 cm³/mol. The molecule has 1 aliphatic rings. The van der Waals surface area contributed by atoms with Crippen molar-refractivity contribution in [2.75, 3.05) is 11.9 Å². The molecular weight excluding hydrogens is 279 g/mol. The van der Waals surface area contributed by atoms with Crippen molar-refractivity contribution < 1.29 is 9.18 Å². The molecule has 122 valence electrons. The third-order valence-corrected chi connectivity index (χ3v) is 4.51. The van der Waals surface area contributed by atoms with Gasteiger partial charge in [0.2, 0.25) is 5.91 Å². The van der Waals surface area contributed by atoms with Crippen LogP contribution in [0.3, 0.4) is 0 Å². The van der Waals surface area contributed by atoms with Gasteiger partial charge in [-0.2, -0.15) is 0 Å². The Labute approximate surface area is 132 Å². The topological polar surface area (TPSA) is 41.1 Å². The third-order valence-electron chi connectivity index (χ3n) is 4.51. The number of hydrogen-bond acceptors (Lipinski definition) is 2. The molecule has 0 radical (unpaired) electrons. The first-order valence-electron chi connectivity index (χ1n) is 8.15. The van der Waals surface area contributed by atoms with Gasteiger partial charge >= 0.3 is 0 Å². The number of carbonyl (C=O) groups excluding carboxylic acids is 1. The maximum absolute atomic E-state index is 13.1. The lowest BCUT2D eigenvalue weighted by atomic mass is 9.69. The second-order valence-corrected chi connectivity index (χ2v) is 7.30. The Balaban J connectivity index is 1.87. The summed E-state index contributed by atoms with van der Waals surface area (Å²) in [5.41, 5.74) is 0.750. The first kappa shape index (κ1) is 16.9. The van der Waals surface area contributed by atoms with Gasteiger partial charge in [-0.3, -0.25) is 4.79 Å². The summed E-state index contributed by atoms with van der Waals surface area (Å²) in [6, 6.07) is 6.36. The fourth-order valence-corrected chi connectivity index (χ4v) is 3.41. The van der Waals surface area contributed by atoms with Crippen molar-refractivity contribution in [1.82, 2.24) is 5.32 Å². The Bertz CT molecular complexity index is 510. The smallest absolute Gasteiger partial charge is 0.238 e. The molecule has 22 heavy (non-hydrogen) atoms. The fraction of sp³-hybridized carbons (Fsp3) is 0.611. The van der Waals surface area contributed by atoms with E-state index in [2.05, 4.69) is 31.4 Å². The summed E-state index contributed by atoms with van der Waals surface area (Å²) in [5, 5.41) is 6.14. The first-order valence-corrected chi connectivity index (χ1v) is 8.15. The molecule has 2 unspecified atom stereocenters. The Kier molecular flexibility index (Phi) is 5.57.